The van der Waals surface area contributed by atoms with Gasteiger partial charge < -0.3 is 5.43 Å². The van der Waals surface area contributed by atoms with Gasteiger partial charge in [0.2, 0.25) is 0 Å². The number of hydrazine groups is 2. The topological polar surface area (TPSA) is 53.3 Å². The Morgan fingerprint density at radius 3 is 2.00 bits per heavy atom. The fourth-order valence-electron chi connectivity index (χ4n) is 0.771. The van der Waals surface area contributed by atoms with Crippen molar-refractivity contribution >= 4 is 5.69 Å². The third-order valence-corrected chi connectivity index (χ3v) is 1.13. The fourth-order valence-corrected chi connectivity index (χ4v) is 0.771. The minimum Gasteiger partial charge on any atom is -0.319 e. The number of para-hydroxylation sites is 1. The van der Waals surface area contributed by atoms with Crippen molar-refractivity contribution in [2.45, 2.75) is 0 Å². The summed E-state index contributed by atoms with van der Waals surface area (Å²) in [5.74, 6) is 4.60. The van der Waals surface area contributed by atoms with E-state index < -0.39 is 0 Å². The number of anilines is 1. The molecule has 0 saturated heterocycles. The van der Waals surface area contributed by atoms with Crippen LogP contribution in [0, 0.1) is 0 Å². The Labute approximate surface area is 79.7 Å². The Kier molecular flexibility index (Phi) is 6.91. The molecule has 0 fully saturated rings. The highest BCUT2D eigenvalue weighted by Gasteiger charge is 1.87. The summed E-state index contributed by atoms with van der Waals surface area (Å²) in [6.45, 7) is 0. The zero-order chi connectivity index (χ0) is 10.1. The number of nitrogens with two attached hydrogens (primary N) is 1. The molecule has 4 heteroatoms. The van der Waals surface area contributed by atoms with E-state index in [0.29, 0.717) is 0 Å². The third kappa shape index (κ3) is 7.27. The Balaban J connectivity index is 0.000000424. The highest BCUT2D eigenvalue weighted by atomic mass is 15.5. The number of rotatable bonds is 2. The molecule has 0 atom stereocenters. The van der Waals surface area contributed by atoms with Crippen molar-refractivity contribution in [3.8, 4) is 0 Å². The van der Waals surface area contributed by atoms with Gasteiger partial charge in [-0.15, -0.1) is 0 Å². The van der Waals surface area contributed by atoms with Crippen LogP contribution in [0.3, 0.4) is 0 Å². The van der Waals surface area contributed by atoms with Gasteiger partial charge in [0, 0.05) is 19.8 Å². The largest absolute Gasteiger partial charge is 0.319 e. The van der Waals surface area contributed by atoms with Crippen LogP contribution in [0.5, 0.6) is 0 Å². The van der Waals surface area contributed by atoms with Crippen molar-refractivity contribution in [3.63, 3.8) is 0 Å². The zero-order valence-corrected chi connectivity index (χ0v) is 8.41. The van der Waals surface area contributed by atoms with Crippen molar-refractivity contribution in [2.24, 2.45) is 5.84 Å². The van der Waals surface area contributed by atoms with Crippen LogP contribution in [0.25, 0.3) is 0 Å². The van der Waals surface area contributed by atoms with E-state index in [1.807, 2.05) is 49.4 Å². The molecule has 0 spiro atoms. The molecular formula is C9H18N4. The van der Waals surface area contributed by atoms with Crippen LogP contribution >= 0.6 is 0 Å². The third-order valence-electron chi connectivity index (χ3n) is 1.13. The first-order chi connectivity index (χ1) is 6.20. The maximum absolute atomic E-state index is 4.60. The Morgan fingerprint density at radius 1 is 1.15 bits per heavy atom. The molecule has 4 nitrogen and oxygen atoms in total. The normalized spacial score (nSPS) is 9.00. The SMILES string of the molecule is CN(C)Nc1ccccc1.CNN. The van der Waals surface area contributed by atoms with Gasteiger partial charge in [-0.05, 0) is 19.2 Å². The second kappa shape index (κ2) is 7.54. The smallest absolute Gasteiger partial charge is 0.0489 e. The average molecular weight is 182 g/mol. The van der Waals surface area contributed by atoms with Crippen molar-refractivity contribution in [2.75, 3.05) is 26.6 Å². The number of nitrogens with one attached hydrogen (secondary N) is 2. The van der Waals surface area contributed by atoms with Crippen LogP contribution in [0.2, 0.25) is 0 Å². The van der Waals surface area contributed by atoms with Crippen molar-refractivity contribution in [3.05, 3.63) is 30.3 Å². The van der Waals surface area contributed by atoms with Crippen molar-refractivity contribution in [1.82, 2.24) is 10.4 Å². The molecule has 0 aliphatic carbocycles. The number of hydrogen-bond donors (Lipinski definition) is 3. The molecule has 0 aromatic heterocycles. The molecule has 0 unspecified atom stereocenters. The van der Waals surface area contributed by atoms with Crippen molar-refractivity contribution in [1.29, 1.82) is 0 Å². The lowest BCUT2D eigenvalue weighted by Gasteiger charge is -2.12. The van der Waals surface area contributed by atoms with Gasteiger partial charge in [0.15, 0.2) is 0 Å². The summed E-state index contributed by atoms with van der Waals surface area (Å²) in [5, 5.41) is 1.91. The molecular weight excluding hydrogens is 164 g/mol. The van der Waals surface area contributed by atoms with E-state index in [1.54, 1.807) is 7.05 Å². The Morgan fingerprint density at radius 2 is 1.62 bits per heavy atom. The molecule has 1 aromatic carbocycles. The molecule has 0 saturated carbocycles. The van der Waals surface area contributed by atoms with Gasteiger partial charge in [-0.3, -0.25) is 11.3 Å². The highest BCUT2D eigenvalue weighted by Crippen LogP contribution is 2.03. The summed E-state index contributed by atoms with van der Waals surface area (Å²) in [7, 11) is 5.58. The molecule has 0 aliphatic heterocycles. The summed E-state index contributed by atoms with van der Waals surface area (Å²) in [6.07, 6.45) is 0. The van der Waals surface area contributed by atoms with Gasteiger partial charge in [-0.1, -0.05) is 18.2 Å². The molecule has 1 aromatic rings. The molecule has 4 N–H and O–H groups in total. The van der Waals surface area contributed by atoms with Gasteiger partial charge >= 0.3 is 0 Å². The first kappa shape index (κ1) is 11.9. The predicted octanol–water partition coefficient (Wildman–Crippen LogP) is 0.655. The van der Waals surface area contributed by atoms with Gasteiger partial charge in [0.05, 0.1) is 0 Å². The van der Waals surface area contributed by atoms with Gasteiger partial charge in [0.1, 0.15) is 0 Å². The van der Waals surface area contributed by atoms with Crippen molar-refractivity contribution < 1.29 is 0 Å². The molecule has 0 aliphatic rings. The minimum absolute atomic E-state index is 1.12. The first-order valence-corrected chi connectivity index (χ1v) is 4.07. The van der Waals surface area contributed by atoms with E-state index in [9.17, 15) is 0 Å². The molecule has 0 bridgehead atoms. The molecule has 74 valence electrons. The Bertz CT molecular complexity index is 198. The van der Waals surface area contributed by atoms with Crippen LogP contribution < -0.4 is 16.7 Å². The summed E-state index contributed by atoms with van der Waals surface area (Å²) in [6, 6.07) is 10.1. The second-order valence-corrected chi connectivity index (χ2v) is 2.66. The van der Waals surface area contributed by atoms with Crippen LogP contribution in [-0.2, 0) is 0 Å². The van der Waals surface area contributed by atoms with Gasteiger partial charge in [-0.25, -0.2) is 5.01 Å². The minimum atomic E-state index is 1.12. The lowest BCUT2D eigenvalue weighted by molar-refractivity contribution is 0.495. The summed E-state index contributed by atoms with van der Waals surface area (Å²) in [5.41, 5.74) is 6.51. The lowest BCUT2D eigenvalue weighted by atomic mass is 10.3. The molecule has 0 amide bonds. The van der Waals surface area contributed by atoms with Crippen LogP contribution in [-0.4, -0.2) is 26.2 Å². The first-order valence-electron chi connectivity index (χ1n) is 4.07. The number of benzene rings is 1. The maximum Gasteiger partial charge on any atom is 0.0489 e. The average Bonchev–Trinajstić information content (AvgIpc) is 2.06. The van der Waals surface area contributed by atoms with Gasteiger partial charge in [-0.2, -0.15) is 0 Å². The van der Waals surface area contributed by atoms with E-state index >= 15 is 0 Å². The number of hydrogen-bond acceptors (Lipinski definition) is 4. The quantitative estimate of drug-likeness (QED) is 0.464. The summed E-state index contributed by atoms with van der Waals surface area (Å²) < 4.78 is 0. The molecule has 0 radical (unpaired) electrons. The highest BCUT2D eigenvalue weighted by molar-refractivity contribution is 5.41. The number of nitrogens with zero attached hydrogens (tertiary/aromatic N) is 1. The van der Waals surface area contributed by atoms with Gasteiger partial charge in [0.25, 0.3) is 0 Å². The van der Waals surface area contributed by atoms with E-state index in [4.69, 9.17) is 0 Å². The van der Waals surface area contributed by atoms with E-state index in [1.165, 1.54) is 0 Å². The summed E-state index contributed by atoms with van der Waals surface area (Å²) in [4.78, 5) is 0. The van der Waals surface area contributed by atoms with Crippen LogP contribution in [0.1, 0.15) is 0 Å². The zero-order valence-electron chi connectivity index (χ0n) is 8.41. The van der Waals surface area contributed by atoms with Crippen LogP contribution in [0.4, 0.5) is 5.69 Å². The molecule has 0 heterocycles. The molecule has 13 heavy (non-hydrogen) atoms. The van der Waals surface area contributed by atoms with E-state index in [-0.39, 0.29) is 0 Å². The predicted molar refractivity (Wildman–Crippen MR) is 57.0 cm³/mol. The molecule has 1 rings (SSSR count). The standard InChI is InChI=1S/C8H12N2.CH6N2/c1-10(2)9-8-6-4-3-5-7-8;1-3-2/h3-7,9H,1-2H3;3H,2H2,1H3. The lowest BCUT2D eigenvalue weighted by Crippen LogP contribution is -2.19. The second-order valence-electron chi connectivity index (χ2n) is 2.66. The Hall–Kier alpha value is -1.10. The van der Waals surface area contributed by atoms with Crippen LogP contribution in [0.15, 0.2) is 30.3 Å². The summed E-state index contributed by atoms with van der Waals surface area (Å²) >= 11 is 0. The van der Waals surface area contributed by atoms with E-state index in [2.05, 4.69) is 16.7 Å². The maximum atomic E-state index is 4.60. The van der Waals surface area contributed by atoms with E-state index in [0.717, 1.165) is 5.69 Å². The monoisotopic (exact) mass is 182 g/mol. The fraction of sp³-hybridized carbons (Fsp3) is 0.333.